The zero-order valence-electron chi connectivity index (χ0n) is 12.6. The summed E-state index contributed by atoms with van der Waals surface area (Å²) < 4.78 is 5.44. The van der Waals surface area contributed by atoms with E-state index in [2.05, 4.69) is 23.7 Å². The van der Waals surface area contributed by atoms with Crippen LogP contribution in [-0.2, 0) is 0 Å². The van der Waals surface area contributed by atoms with Crippen LogP contribution in [0, 0.1) is 5.92 Å². The number of nitrogen functional groups attached to an aromatic ring is 1. The Morgan fingerprint density at radius 3 is 2.81 bits per heavy atom. The average Bonchev–Trinajstić information content (AvgIpc) is 2.82. The number of nitrogens with one attached hydrogen (secondary N) is 1. The number of anilines is 2. The van der Waals surface area contributed by atoms with Gasteiger partial charge in [0.25, 0.3) is 5.91 Å². The molecule has 0 atom stereocenters. The Morgan fingerprint density at radius 1 is 1.57 bits per heavy atom. The molecule has 6 heteroatoms. The molecule has 0 saturated carbocycles. The third-order valence-electron chi connectivity index (χ3n) is 3.77. The Kier molecular flexibility index (Phi) is 5.12. The fourth-order valence-electron chi connectivity index (χ4n) is 2.45. The molecular formula is C15H23N3O2S. The predicted molar refractivity (Wildman–Crippen MR) is 88.4 cm³/mol. The minimum Gasteiger partial charge on any atom is -0.492 e. The van der Waals surface area contributed by atoms with Crippen LogP contribution in [0.25, 0.3) is 0 Å². The molecule has 1 aliphatic rings. The van der Waals surface area contributed by atoms with Crippen molar-refractivity contribution in [2.24, 2.45) is 5.92 Å². The van der Waals surface area contributed by atoms with E-state index in [1.165, 1.54) is 11.3 Å². The molecule has 3 N–H and O–H groups in total. The van der Waals surface area contributed by atoms with Crippen molar-refractivity contribution in [3.05, 3.63) is 17.5 Å². The van der Waals surface area contributed by atoms with Gasteiger partial charge in [0.1, 0.15) is 15.6 Å². The lowest BCUT2D eigenvalue weighted by Gasteiger charge is -2.31. The summed E-state index contributed by atoms with van der Waals surface area (Å²) in [6, 6.07) is 0. The molecule has 0 aromatic carbocycles. The third-order valence-corrected chi connectivity index (χ3v) is 5.02. The second-order valence-electron chi connectivity index (χ2n) is 5.35. The highest BCUT2D eigenvalue weighted by molar-refractivity contribution is 7.19. The molecule has 0 radical (unpaired) electrons. The molecule has 1 aliphatic heterocycles. The number of methoxy groups -OCH3 is 1. The second-order valence-corrected chi connectivity index (χ2v) is 6.35. The molecule has 0 spiro atoms. The monoisotopic (exact) mass is 309 g/mol. The van der Waals surface area contributed by atoms with E-state index >= 15 is 0 Å². The SMILES string of the molecule is C=CCNC(=O)c1sc(N2CCC(C)CC2)c(OC)c1N. The molecule has 1 saturated heterocycles. The van der Waals surface area contributed by atoms with Crippen LogP contribution in [0.5, 0.6) is 5.75 Å². The number of hydrogen-bond acceptors (Lipinski definition) is 5. The van der Waals surface area contributed by atoms with E-state index in [-0.39, 0.29) is 5.91 Å². The van der Waals surface area contributed by atoms with E-state index in [0.717, 1.165) is 36.9 Å². The number of piperidine rings is 1. The van der Waals surface area contributed by atoms with E-state index in [9.17, 15) is 4.79 Å². The molecule has 0 unspecified atom stereocenters. The van der Waals surface area contributed by atoms with Gasteiger partial charge in [0, 0.05) is 19.6 Å². The fourth-order valence-corrected chi connectivity index (χ4v) is 3.61. The van der Waals surface area contributed by atoms with Crippen molar-refractivity contribution in [2.45, 2.75) is 19.8 Å². The van der Waals surface area contributed by atoms with E-state index in [0.29, 0.717) is 22.9 Å². The van der Waals surface area contributed by atoms with Gasteiger partial charge < -0.3 is 20.7 Å². The van der Waals surface area contributed by atoms with Crippen molar-refractivity contribution in [1.82, 2.24) is 5.32 Å². The van der Waals surface area contributed by atoms with E-state index in [1.54, 1.807) is 13.2 Å². The lowest BCUT2D eigenvalue weighted by atomic mass is 9.99. The molecule has 1 aromatic rings. The van der Waals surface area contributed by atoms with Crippen LogP contribution < -0.4 is 20.7 Å². The zero-order chi connectivity index (χ0) is 15.4. The maximum atomic E-state index is 12.1. The molecular weight excluding hydrogens is 286 g/mol. The van der Waals surface area contributed by atoms with Gasteiger partial charge in [0.05, 0.1) is 7.11 Å². The first kappa shape index (κ1) is 15.7. The summed E-state index contributed by atoms with van der Waals surface area (Å²) in [7, 11) is 1.60. The van der Waals surface area contributed by atoms with Crippen LogP contribution in [0.1, 0.15) is 29.4 Å². The maximum absolute atomic E-state index is 12.1. The summed E-state index contributed by atoms with van der Waals surface area (Å²) in [6.45, 7) is 8.24. The van der Waals surface area contributed by atoms with Gasteiger partial charge in [-0.1, -0.05) is 13.0 Å². The summed E-state index contributed by atoms with van der Waals surface area (Å²) in [4.78, 5) is 14.9. The van der Waals surface area contributed by atoms with Crippen molar-refractivity contribution < 1.29 is 9.53 Å². The van der Waals surface area contributed by atoms with Crippen molar-refractivity contribution in [3.8, 4) is 5.75 Å². The zero-order valence-corrected chi connectivity index (χ0v) is 13.5. The number of nitrogens with two attached hydrogens (primary N) is 1. The Hall–Kier alpha value is -1.69. The smallest absolute Gasteiger partial charge is 0.263 e. The number of amides is 1. The molecule has 2 rings (SSSR count). The standard InChI is InChI=1S/C15H23N3O2S/c1-4-7-17-14(19)13-11(16)12(20-3)15(21-13)18-8-5-10(2)6-9-18/h4,10H,1,5-9,16H2,2-3H3,(H,17,19). The highest BCUT2D eigenvalue weighted by Crippen LogP contribution is 2.45. The molecule has 21 heavy (non-hydrogen) atoms. The molecule has 5 nitrogen and oxygen atoms in total. The number of thiophene rings is 1. The van der Waals surface area contributed by atoms with Gasteiger partial charge in [-0.2, -0.15) is 0 Å². The summed E-state index contributed by atoms with van der Waals surface area (Å²) in [5.41, 5.74) is 6.52. The molecule has 1 amide bonds. The quantitative estimate of drug-likeness (QED) is 0.820. The molecule has 2 heterocycles. The molecule has 0 bridgehead atoms. The number of nitrogens with zero attached hydrogens (tertiary/aromatic N) is 1. The molecule has 1 aromatic heterocycles. The van der Waals surface area contributed by atoms with Crippen LogP contribution in [0.4, 0.5) is 10.7 Å². The number of rotatable bonds is 5. The minimum atomic E-state index is -0.174. The van der Waals surface area contributed by atoms with Crippen LogP contribution in [0.15, 0.2) is 12.7 Å². The van der Waals surface area contributed by atoms with Crippen molar-refractivity contribution >= 4 is 27.9 Å². The van der Waals surface area contributed by atoms with Crippen LogP contribution in [0.2, 0.25) is 0 Å². The summed E-state index contributed by atoms with van der Waals surface area (Å²) in [6.07, 6.45) is 3.95. The first-order valence-corrected chi connectivity index (χ1v) is 8.00. The Bertz CT molecular complexity index is 519. The van der Waals surface area contributed by atoms with Gasteiger partial charge in [-0.15, -0.1) is 17.9 Å². The van der Waals surface area contributed by atoms with Gasteiger partial charge in [-0.05, 0) is 18.8 Å². The predicted octanol–water partition coefficient (Wildman–Crippen LogP) is 2.49. The van der Waals surface area contributed by atoms with Crippen molar-refractivity contribution in [1.29, 1.82) is 0 Å². The molecule has 0 aliphatic carbocycles. The minimum absolute atomic E-state index is 0.174. The van der Waals surface area contributed by atoms with E-state index in [4.69, 9.17) is 10.5 Å². The fraction of sp³-hybridized carbons (Fsp3) is 0.533. The second kappa shape index (κ2) is 6.85. The van der Waals surface area contributed by atoms with Gasteiger partial charge in [-0.3, -0.25) is 4.79 Å². The molecule has 116 valence electrons. The third kappa shape index (κ3) is 3.32. The van der Waals surface area contributed by atoms with E-state index in [1.807, 2.05) is 0 Å². The first-order chi connectivity index (χ1) is 10.1. The summed E-state index contributed by atoms with van der Waals surface area (Å²) in [5.74, 6) is 1.20. The Labute approximate surface area is 129 Å². The summed E-state index contributed by atoms with van der Waals surface area (Å²) in [5, 5.41) is 3.73. The maximum Gasteiger partial charge on any atom is 0.263 e. The van der Waals surface area contributed by atoms with Gasteiger partial charge in [0.15, 0.2) is 5.75 Å². The van der Waals surface area contributed by atoms with Crippen LogP contribution >= 0.6 is 11.3 Å². The largest absolute Gasteiger partial charge is 0.492 e. The van der Waals surface area contributed by atoms with E-state index < -0.39 is 0 Å². The number of ether oxygens (including phenoxy) is 1. The first-order valence-electron chi connectivity index (χ1n) is 7.18. The normalized spacial score (nSPS) is 15.8. The summed E-state index contributed by atoms with van der Waals surface area (Å²) >= 11 is 1.41. The van der Waals surface area contributed by atoms with Gasteiger partial charge in [0.2, 0.25) is 0 Å². The Balaban J connectivity index is 2.25. The average molecular weight is 309 g/mol. The highest BCUT2D eigenvalue weighted by Gasteiger charge is 2.27. The van der Waals surface area contributed by atoms with Crippen molar-refractivity contribution in [2.75, 3.05) is 37.4 Å². The van der Waals surface area contributed by atoms with Gasteiger partial charge in [-0.25, -0.2) is 0 Å². The number of carbonyl (C=O) groups is 1. The lowest BCUT2D eigenvalue weighted by molar-refractivity contribution is 0.0962. The highest BCUT2D eigenvalue weighted by atomic mass is 32.1. The molecule has 1 fully saturated rings. The van der Waals surface area contributed by atoms with Crippen LogP contribution in [-0.4, -0.2) is 32.7 Å². The number of hydrogen-bond donors (Lipinski definition) is 2. The topological polar surface area (TPSA) is 67.6 Å². The van der Waals surface area contributed by atoms with Gasteiger partial charge >= 0.3 is 0 Å². The Morgan fingerprint density at radius 2 is 2.24 bits per heavy atom. The number of carbonyl (C=O) groups excluding carboxylic acids is 1. The van der Waals surface area contributed by atoms with Crippen LogP contribution in [0.3, 0.4) is 0 Å². The van der Waals surface area contributed by atoms with Crippen molar-refractivity contribution in [3.63, 3.8) is 0 Å². The lowest BCUT2D eigenvalue weighted by Crippen LogP contribution is -2.32.